The van der Waals surface area contributed by atoms with Crippen LogP contribution in [-0.2, 0) is 44.5 Å². The second-order valence-corrected chi connectivity index (χ2v) is 17.9. The van der Waals surface area contributed by atoms with Gasteiger partial charge in [0.15, 0.2) is 11.9 Å². The van der Waals surface area contributed by atoms with E-state index in [2.05, 4.69) is 30.7 Å². The van der Waals surface area contributed by atoms with Crippen molar-refractivity contribution in [2.45, 2.75) is 141 Å². The Kier molecular flexibility index (Phi) is 15.7. The van der Waals surface area contributed by atoms with Crippen molar-refractivity contribution in [2.24, 2.45) is 23.7 Å². The van der Waals surface area contributed by atoms with Crippen LogP contribution in [0.3, 0.4) is 0 Å². The minimum Gasteiger partial charge on any atom is -0.458 e. The smallest absolute Gasteiger partial charge is 0.408 e. The minimum absolute atomic E-state index is 0.0697. The van der Waals surface area contributed by atoms with Crippen molar-refractivity contribution in [2.75, 3.05) is 33.9 Å². The number of benzene rings is 1. The molecule has 3 unspecified atom stereocenters. The van der Waals surface area contributed by atoms with Crippen molar-refractivity contribution in [3.05, 3.63) is 65.8 Å². The first-order chi connectivity index (χ1) is 28.3. The van der Waals surface area contributed by atoms with E-state index in [1.54, 1.807) is 19.9 Å². The van der Waals surface area contributed by atoms with Gasteiger partial charge in [0, 0.05) is 24.4 Å². The van der Waals surface area contributed by atoms with Crippen molar-refractivity contribution in [1.29, 1.82) is 0 Å². The number of cyclic esters (lactones) is 1. The van der Waals surface area contributed by atoms with Crippen molar-refractivity contribution < 1.29 is 52.6 Å². The number of carbonyl (C=O) groups is 3. The van der Waals surface area contributed by atoms with Crippen LogP contribution in [0.1, 0.15) is 85.8 Å². The lowest BCUT2D eigenvalue weighted by Gasteiger charge is -2.49. The van der Waals surface area contributed by atoms with Gasteiger partial charge in [-0.3, -0.25) is 4.79 Å². The Balaban J connectivity index is 1.56. The molecular formula is C46H69N3O11. The fourth-order valence-corrected chi connectivity index (χ4v) is 9.73. The van der Waals surface area contributed by atoms with E-state index < -0.39 is 83.9 Å². The molecule has 14 nitrogen and oxygen atoms in total. The summed E-state index contributed by atoms with van der Waals surface area (Å²) in [5.74, 6) is -2.51. The summed E-state index contributed by atoms with van der Waals surface area (Å²) in [4.78, 5) is 42.5. The molecule has 1 aromatic rings. The number of aliphatic hydroxyl groups excluding tert-OH is 1. The molecule has 0 spiro atoms. The fourth-order valence-electron chi connectivity index (χ4n) is 9.73. The van der Waals surface area contributed by atoms with Gasteiger partial charge >= 0.3 is 18.2 Å². The Labute approximate surface area is 356 Å². The monoisotopic (exact) mass is 839 g/mol. The number of carbonyl (C=O) groups excluding carboxylic acids is 3. The third kappa shape index (κ3) is 10.6. The normalized spacial score (nSPS) is 38.7. The van der Waals surface area contributed by atoms with E-state index in [0.717, 1.165) is 16.7 Å². The van der Waals surface area contributed by atoms with Gasteiger partial charge in [0.25, 0.3) is 0 Å². The Bertz CT molecular complexity index is 1720. The van der Waals surface area contributed by atoms with Crippen LogP contribution in [0.4, 0.5) is 9.59 Å². The number of fused-ring (bicyclic) bond motifs is 4. The summed E-state index contributed by atoms with van der Waals surface area (Å²) in [6, 6.07) is 6.80. The highest BCUT2D eigenvalue weighted by molar-refractivity contribution is 5.74. The quantitative estimate of drug-likeness (QED) is 0.148. The summed E-state index contributed by atoms with van der Waals surface area (Å²) in [5, 5.41) is 17.6. The molecule has 3 N–H and O–H groups in total. The molecule has 4 saturated heterocycles. The summed E-state index contributed by atoms with van der Waals surface area (Å²) in [5.41, 5.74) is 1.06. The molecule has 334 valence electrons. The molecular weight excluding hydrogens is 771 g/mol. The van der Waals surface area contributed by atoms with Crippen LogP contribution in [0.2, 0.25) is 0 Å². The van der Waals surface area contributed by atoms with Gasteiger partial charge in [-0.05, 0) is 89.7 Å². The zero-order chi connectivity index (χ0) is 44.1. The highest BCUT2D eigenvalue weighted by Gasteiger charge is 2.57. The zero-order valence-corrected chi connectivity index (χ0v) is 37.2. The molecule has 0 saturated carbocycles. The molecule has 4 aliphatic rings. The van der Waals surface area contributed by atoms with Crippen LogP contribution >= 0.6 is 0 Å². The fraction of sp³-hybridized carbons (Fsp3) is 0.674. The molecule has 60 heavy (non-hydrogen) atoms. The SMILES string of the molecule is C=Cc1ccc(CNC(=O)OC/C=C2\[C@H](C)C[C@@]3(C)OCC(=C)COC([C@@H](C)C(=O)O[C@H](CC)[C@@]4(C)OC(=O)NC4[C@H]2C)[C@H](C)[C@H]3OC2O[C@H](C)C[C@H](N(C)C)[C@H]2O)cc1. The van der Waals surface area contributed by atoms with E-state index in [0.29, 0.717) is 24.8 Å². The van der Waals surface area contributed by atoms with Gasteiger partial charge in [0.1, 0.15) is 18.8 Å². The molecule has 2 amide bonds. The molecule has 1 aromatic carbocycles. The maximum atomic E-state index is 14.3. The van der Waals surface area contributed by atoms with Crippen LogP contribution in [0.25, 0.3) is 6.08 Å². The highest BCUT2D eigenvalue weighted by Crippen LogP contribution is 2.44. The molecule has 2 bridgehead atoms. The maximum Gasteiger partial charge on any atom is 0.408 e. The predicted molar refractivity (Wildman–Crippen MR) is 227 cm³/mol. The Morgan fingerprint density at radius 3 is 2.43 bits per heavy atom. The van der Waals surface area contributed by atoms with Crippen molar-refractivity contribution >= 4 is 24.2 Å². The third-order valence-electron chi connectivity index (χ3n) is 13.1. The first kappa shape index (κ1) is 47.3. The van der Waals surface area contributed by atoms with Crippen LogP contribution < -0.4 is 10.6 Å². The average Bonchev–Trinajstić information content (AvgIpc) is 3.54. The third-order valence-corrected chi connectivity index (χ3v) is 13.1. The lowest BCUT2D eigenvalue weighted by atomic mass is 9.71. The summed E-state index contributed by atoms with van der Waals surface area (Å²) in [7, 11) is 3.84. The molecule has 0 aliphatic carbocycles. The number of esters is 1. The zero-order valence-electron chi connectivity index (χ0n) is 37.2. The number of amides is 2. The molecule has 4 aliphatic heterocycles. The Hall–Kier alpha value is -3.79. The van der Waals surface area contributed by atoms with E-state index in [9.17, 15) is 19.5 Å². The molecule has 0 radical (unpaired) electrons. The Morgan fingerprint density at radius 1 is 1.08 bits per heavy atom. The van der Waals surface area contributed by atoms with Crippen LogP contribution in [0.15, 0.2) is 54.6 Å². The summed E-state index contributed by atoms with van der Waals surface area (Å²) in [6.45, 7) is 23.9. The van der Waals surface area contributed by atoms with Crippen LogP contribution in [0.5, 0.6) is 0 Å². The van der Waals surface area contributed by atoms with Gasteiger partial charge in [0.2, 0.25) is 0 Å². The maximum absolute atomic E-state index is 14.3. The molecule has 14 heteroatoms. The minimum atomic E-state index is -1.26. The van der Waals surface area contributed by atoms with Crippen molar-refractivity contribution in [3.63, 3.8) is 0 Å². The number of alkyl carbamates (subject to hydrolysis) is 2. The highest BCUT2D eigenvalue weighted by atomic mass is 16.7. The largest absolute Gasteiger partial charge is 0.458 e. The van der Waals surface area contributed by atoms with Crippen LogP contribution in [-0.4, -0.2) is 122 Å². The average molecular weight is 840 g/mol. The van der Waals surface area contributed by atoms with E-state index in [-0.39, 0.29) is 44.4 Å². The number of aliphatic hydroxyl groups is 1. The molecule has 4 heterocycles. The first-order valence-electron chi connectivity index (χ1n) is 21.4. The number of hydrogen-bond acceptors (Lipinski definition) is 12. The van der Waals surface area contributed by atoms with E-state index in [4.69, 9.17) is 33.2 Å². The molecule has 14 atom stereocenters. The number of likely N-dealkylation sites (N-methyl/N-ethyl adjacent to an activating group) is 1. The Morgan fingerprint density at radius 2 is 1.78 bits per heavy atom. The number of ether oxygens (including phenoxy) is 7. The van der Waals surface area contributed by atoms with Gasteiger partial charge in [0.05, 0.1) is 49.1 Å². The predicted octanol–water partition coefficient (Wildman–Crippen LogP) is 6.16. The summed E-state index contributed by atoms with van der Waals surface area (Å²) >= 11 is 0. The number of hydrogen-bond donors (Lipinski definition) is 3. The van der Waals surface area contributed by atoms with E-state index in [1.807, 2.05) is 84.0 Å². The lowest BCUT2D eigenvalue weighted by Crippen LogP contribution is -2.60. The second-order valence-electron chi connectivity index (χ2n) is 17.9. The van der Waals surface area contributed by atoms with Gasteiger partial charge in [-0.2, -0.15) is 0 Å². The van der Waals surface area contributed by atoms with Gasteiger partial charge < -0.3 is 53.8 Å². The molecule has 0 aromatic heterocycles. The van der Waals surface area contributed by atoms with Crippen LogP contribution in [0, 0.1) is 23.7 Å². The molecule has 5 rings (SSSR count). The topological polar surface area (TPSA) is 163 Å². The first-order valence-corrected chi connectivity index (χ1v) is 21.4. The molecule has 4 fully saturated rings. The standard InChI is InChI=1S/C46H69N3O11/c1-13-32-15-17-33(18-16-32)23-47-43(52)54-20-19-34-27(4)22-45(9)40(59-42-37(50)35(49(11)12)21-28(5)57-42)30(7)38(55-24-26(3)25-56-45)31(8)41(51)58-36(14-2)46(10)39(29(34)6)48-44(53)60-46/h13,15-19,27-31,35-40,42,50H,1,3,14,20-25H2,2,4-12H3,(H,47,52)(H,48,53)/b34-19+/t27-,28-,29+,30+,31-,35+,36-,37-,38?,39?,40-,42?,45-,46-/m1/s1. The van der Waals surface area contributed by atoms with E-state index >= 15 is 0 Å². The number of nitrogens with zero attached hydrogens (tertiary/aromatic N) is 1. The lowest BCUT2D eigenvalue weighted by molar-refractivity contribution is -0.302. The van der Waals surface area contributed by atoms with Crippen molar-refractivity contribution in [3.8, 4) is 0 Å². The second kappa shape index (κ2) is 19.9. The summed E-state index contributed by atoms with van der Waals surface area (Å²) in [6.07, 6.45) is -0.811. The number of rotatable bonds is 9. The summed E-state index contributed by atoms with van der Waals surface area (Å²) < 4.78 is 44.8. The van der Waals surface area contributed by atoms with E-state index in [1.165, 1.54) is 0 Å². The van der Waals surface area contributed by atoms with Crippen molar-refractivity contribution in [1.82, 2.24) is 15.5 Å². The van der Waals surface area contributed by atoms with Gasteiger partial charge in [-0.25, -0.2) is 9.59 Å². The number of nitrogens with one attached hydrogen (secondary N) is 2. The van der Waals surface area contributed by atoms with Gasteiger partial charge in [-0.1, -0.05) is 76.8 Å². The van der Waals surface area contributed by atoms with Gasteiger partial charge in [-0.15, -0.1) is 0 Å².